The molecule has 1 heterocycles. The molecule has 2 N–H and O–H groups in total. The predicted molar refractivity (Wildman–Crippen MR) is 75.1 cm³/mol. The van der Waals surface area contributed by atoms with Gasteiger partial charge in [0, 0.05) is 6.61 Å². The van der Waals surface area contributed by atoms with E-state index in [0.29, 0.717) is 12.4 Å². The van der Waals surface area contributed by atoms with Crippen LogP contribution in [0, 0.1) is 0 Å². The van der Waals surface area contributed by atoms with E-state index in [1.165, 1.54) is 0 Å². The Balaban J connectivity index is 1.88. The molecule has 0 saturated carbocycles. The van der Waals surface area contributed by atoms with Crippen LogP contribution >= 0.6 is 0 Å². The Morgan fingerprint density at radius 1 is 1.43 bits per heavy atom. The zero-order valence-electron chi connectivity index (χ0n) is 11.9. The highest BCUT2D eigenvalue weighted by Gasteiger charge is 2.24. The number of carbonyl (C=O) groups excluding carboxylic acids is 1. The van der Waals surface area contributed by atoms with Gasteiger partial charge in [-0.1, -0.05) is 12.1 Å². The number of ether oxygens (including phenoxy) is 2. The quantitative estimate of drug-likeness (QED) is 0.830. The number of carboxylic acids is 1. The average Bonchev–Trinajstić information content (AvgIpc) is 3.00. The van der Waals surface area contributed by atoms with Gasteiger partial charge in [0.1, 0.15) is 11.9 Å². The molecule has 1 aromatic carbocycles. The largest absolute Gasteiger partial charge is 0.482 e. The molecule has 0 spiro atoms. The molecule has 6 heteroatoms. The third-order valence-electron chi connectivity index (χ3n) is 3.32. The SMILES string of the molecule is CC(NC(=O)C1CCCO1)c1ccc(OCC(=O)O)cc1. The third kappa shape index (κ3) is 4.46. The zero-order chi connectivity index (χ0) is 15.2. The molecule has 0 aromatic heterocycles. The van der Waals surface area contributed by atoms with Crippen LogP contribution in [0.15, 0.2) is 24.3 Å². The summed E-state index contributed by atoms with van der Waals surface area (Å²) < 4.78 is 10.4. The van der Waals surface area contributed by atoms with Crippen LogP contribution in [0.5, 0.6) is 5.75 Å². The van der Waals surface area contributed by atoms with Gasteiger partial charge in [-0.15, -0.1) is 0 Å². The van der Waals surface area contributed by atoms with Crippen molar-refractivity contribution in [3.8, 4) is 5.75 Å². The maximum Gasteiger partial charge on any atom is 0.341 e. The Morgan fingerprint density at radius 2 is 2.14 bits per heavy atom. The summed E-state index contributed by atoms with van der Waals surface area (Å²) in [6, 6.07) is 6.84. The van der Waals surface area contributed by atoms with Gasteiger partial charge < -0.3 is 19.9 Å². The Bertz CT molecular complexity index is 493. The Morgan fingerprint density at radius 3 is 2.71 bits per heavy atom. The van der Waals surface area contributed by atoms with E-state index >= 15 is 0 Å². The fraction of sp³-hybridized carbons (Fsp3) is 0.467. The van der Waals surface area contributed by atoms with Crippen LogP contribution in [-0.4, -0.2) is 36.3 Å². The van der Waals surface area contributed by atoms with Crippen LogP contribution in [0.4, 0.5) is 0 Å². The summed E-state index contributed by atoms with van der Waals surface area (Å²) in [5, 5.41) is 11.4. The lowest BCUT2D eigenvalue weighted by Gasteiger charge is -2.17. The Hall–Kier alpha value is -2.08. The number of carboxylic acid groups (broad SMARTS) is 1. The molecular weight excluding hydrogens is 274 g/mol. The zero-order valence-corrected chi connectivity index (χ0v) is 11.9. The lowest BCUT2D eigenvalue weighted by molar-refractivity contribution is -0.139. The smallest absolute Gasteiger partial charge is 0.341 e. The number of hydrogen-bond acceptors (Lipinski definition) is 4. The van der Waals surface area contributed by atoms with E-state index in [1.807, 2.05) is 6.92 Å². The van der Waals surface area contributed by atoms with E-state index in [-0.39, 0.29) is 24.7 Å². The summed E-state index contributed by atoms with van der Waals surface area (Å²) in [6.07, 6.45) is 1.34. The van der Waals surface area contributed by atoms with Crippen molar-refractivity contribution in [1.29, 1.82) is 0 Å². The molecule has 114 valence electrons. The van der Waals surface area contributed by atoms with Crippen LogP contribution in [0.3, 0.4) is 0 Å². The van der Waals surface area contributed by atoms with Gasteiger partial charge in [0.25, 0.3) is 0 Å². The minimum absolute atomic E-state index is 0.0915. The van der Waals surface area contributed by atoms with E-state index < -0.39 is 5.97 Å². The fourth-order valence-electron chi connectivity index (χ4n) is 2.17. The lowest BCUT2D eigenvalue weighted by Crippen LogP contribution is -2.35. The summed E-state index contributed by atoms with van der Waals surface area (Å²) in [6.45, 7) is 2.16. The first-order valence-corrected chi connectivity index (χ1v) is 6.93. The van der Waals surface area contributed by atoms with Crippen LogP contribution in [0.25, 0.3) is 0 Å². The van der Waals surface area contributed by atoms with E-state index in [2.05, 4.69) is 5.32 Å². The van der Waals surface area contributed by atoms with Crippen molar-refractivity contribution in [1.82, 2.24) is 5.32 Å². The van der Waals surface area contributed by atoms with E-state index in [4.69, 9.17) is 14.6 Å². The van der Waals surface area contributed by atoms with Crippen molar-refractivity contribution < 1.29 is 24.2 Å². The van der Waals surface area contributed by atoms with Gasteiger partial charge >= 0.3 is 5.97 Å². The van der Waals surface area contributed by atoms with Crippen LogP contribution < -0.4 is 10.1 Å². The van der Waals surface area contributed by atoms with Gasteiger partial charge in [-0.25, -0.2) is 4.79 Å². The first kappa shape index (κ1) is 15.3. The van der Waals surface area contributed by atoms with Crippen molar-refractivity contribution in [3.63, 3.8) is 0 Å². The molecule has 2 rings (SSSR count). The van der Waals surface area contributed by atoms with Crippen molar-refractivity contribution in [2.75, 3.05) is 13.2 Å². The van der Waals surface area contributed by atoms with Gasteiger partial charge in [-0.2, -0.15) is 0 Å². The Labute approximate surface area is 123 Å². The van der Waals surface area contributed by atoms with Crippen molar-refractivity contribution in [3.05, 3.63) is 29.8 Å². The fourth-order valence-corrected chi connectivity index (χ4v) is 2.17. The number of nitrogens with one attached hydrogen (secondary N) is 1. The van der Waals surface area contributed by atoms with Crippen molar-refractivity contribution in [2.24, 2.45) is 0 Å². The van der Waals surface area contributed by atoms with Crippen LogP contribution in [0.1, 0.15) is 31.4 Å². The molecule has 0 aliphatic carbocycles. The second kappa shape index (κ2) is 7.08. The van der Waals surface area contributed by atoms with Crippen LogP contribution in [0.2, 0.25) is 0 Å². The molecule has 1 fully saturated rings. The topological polar surface area (TPSA) is 84.9 Å². The summed E-state index contributed by atoms with van der Waals surface area (Å²) >= 11 is 0. The standard InChI is InChI=1S/C15H19NO5/c1-10(16-15(19)13-3-2-8-20-13)11-4-6-12(7-5-11)21-9-14(17)18/h4-7,10,13H,2-3,8-9H2,1H3,(H,16,19)(H,17,18). The molecule has 2 atom stereocenters. The molecule has 1 amide bonds. The number of amides is 1. The summed E-state index contributed by atoms with van der Waals surface area (Å²) in [5.74, 6) is -0.624. The first-order chi connectivity index (χ1) is 10.1. The number of benzene rings is 1. The molecular formula is C15H19NO5. The molecule has 0 radical (unpaired) electrons. The molecule has 6 nitrogen and oxygen atoms in total. The van der Waals surface area contributed by atoms with Crippen molar-refractivity contribution in [2.45, 2.75) is 31.9 Å². The number of aliphatic carboxylic acids is 1. The third-order valence-corrected chi connectivity index (χ3v) is 3.32. The molecule has 2 unspecified atom stereocenters. The van der Waals surface area contributed by atoms with E-state index in [9.17, 15) is 9.59 Å². The van der Waals surface area contributed by atoms with Crippen molar-refractivity contribution >= 4 is 11.9 Å². The van der Waals surface area contributed by atoms with E-state index in [0.717, 1.165) is 18.4 Å². The minimum Gasteiger partial charge on any atom is -0.482 e. The summed E-state index contributed by atoms with van der Waals surface area (Å²) in [5.41, 5.74) is 0.920. The highest BCUT2D eigenvalue weighted by molar-refractivity contribution is 5.81. The monoisotopic (exact) mass is 293 g/mol. The van der Waals surface area contributed by atoms with Crippen LogP contribution in [-0.2, 0) is 14.3 Å². The Kier molecular flexibility index (Phi) is 5.16. The number of hydrogen-bond donors (Lipinski definition) is 2. The summed E-state index contributed by atoms with van der Waals surface area (Å²) in [7, 11) is 0. The van der Waals surface area contributed by atoms with Gasteiger partial charge in [0.2, 0.25) is 5.91 Å². The molecule has 1 aliphatic heterocycles. The number of rotatable bonds is 6. The minimum atomic E-state index is -1.02. The van der Waals surface area contributed by atoms with Gasteiger partial charge in [0.15, 0.2) is 6.61 Å². The van der Waals surface area contributed by atoms with Gasteiger partial charge in [0.05, 0.1) is 6.04 Å². The molecule has 1 saturated heterocycles. The molecule has 1 aliphatic rings. The lowest BCUT2D eigenvalue weighted by atomic mass is 10.1. The molecule has 1 aromatic rings. The second-order valence-corrected chi connectivity index (χ2v) is 4.98. The summed E-state index contributed by atoms with van der Waals surface area (Å²) in [4.78, 5) is 22.4. The number of carbonyl (C=O) groups is 2. The maximum absolute atomic E-state index is 11.9. The normalized spacial score (nSPS) is 19.0. The first-order valence-electron chi connectivity index (χ1n) is 6.93. The highest BCUT2D eigenvalue weighted by atomic mass is 16.5. The predicted octanol–water partition coefficient (Wildman–Crippen LogP) is 1.51. The van der Waals surface area contributed by atoms with E-state index in [1.54, 1.807) is 24.3 Å². The molecule has 0 bridgehead atoms. The average molecular weight is 293 g/mol. The highest BCUT2D eigenvalue weighted by Crippen LogP contribution is 2.19. The second-order valence-electron chi connectivity index (χ2n) is 4.98. The molecule has 21 heavy (non-hydrogen) atoms. The maximum atomic E-state index is 11.9. The van der Waals surface area contributed by atoms with Gasteiger partial charge in [-0.3, -0.25) is 4.79 Å². The van der Waals surface area contributed by atoms with Gasteiger partial charge in [-0.05, 0) is 37.5 Å².